The van der Waals surface area contributed by atoms with Gasteiger partial charge in [0.25, 0.3) is 0 Å². The van der Waals surface area contributed by atoms with Gasteiger partial charge in [0.2, 0.25) is 0 Å². The fraction of sp³-hybridized carbons (Fsp3) is 0.333. The maximum Gasteiger partial charge on any atom is 0.311 e. The van der Waals surface area contributed by atoms with Gasteiger partial charge in [-0.2, -0.15) is 0 Å². The Bertz CT molecular complexity index is 1120. The largest absolute Gasteiger partial charge is 0.427 e. The maximum atomic E-state index is 12.0. The van der Waals surface area contributed by atoms with Crippen LogP contribution in [0.2, 0.25) is 0 Å². The Morgan fingerprint density at radius 3 is 1.37 bits per heavy atom. The lowest BCUT2D eigenvalue weighted by Gasteiger charge is -2.07. The number of hydrogen-bond acceptors (Lipinski definition) is 8. The lowest BCUT2D eigenvalue weighted by molar-refractivity contribution is -0.135. The predicted molar refractivity (Wildman–Crippen MR) is 166 cm³/mol. The molecule has 0 unspecified atom stereocenters. The number of hydrogen-bond donors (Lipinski definition) is 0. The number of carbonyl (C=O) groups is 2. The van der Waals surface area contributed by atoms with Crippen LogP contribution in [0.15, 0.2) is 67.8 Å². The van der Waals surface area contributed by atoms with Gasteiger partial charge in [-0.15, -0.1) is 0 Å². The molecule has 0 saturated carbocycles. The minimum absolute atomic E-state index is 0.167. The third kappa shape index (κ3) is 8.50. The second-order valence-electron chi connectivity index (χ2n) is 8.89. The molecule has 0 atom stereocenters. The van der Waals surface area contributed by atoms with E-state index in [0.29, 0.717) is 24.3 Å². The Hall–Kier alpha value is -2.00. The van der Waals surface area contributed by atoms with Gasteiger partial charge in [-0.05, 0) is 59.1 Å². The number of rotatable bonds is 12. The third-order valence-corrected chi connectivity index (χ3v) is 11.2. The molecule has 38 heavy (non-hydrogen) atoms. The minimum atomic E-state index is -0.167. The van der Waals surface area contributed by atoms with Crippen LogP contribution in [-0.2, 0) is 9.59 Å². The summed E-state index contributed by atoms with van der Waals surface area (Å²) < 4.78 is 13.5. The lowest BCUT2D eigenvalue weighted by Crippen LogP contribution is -2.07. The summed E-state index contributed by atoms with van der Waals surface area (Å²) in [5.74, 6) is 0.857. The van der Waals surface area contributed by atoms with Crippen molar-refractivity contribution in [3.8, 4) is 11.5 Å². The molecule has 0 amide bonds. The summed E-state index contributed by atoms with van der Waals surface area (Å²) in [5, 5.41) is 4.36. The molecule has 4 nitrogen and oxygen atoms in total. The van der Waals surface area contributed by atoms with Gasteiger partial charge in [-0.1, -0.05) is 111 Å². The topological polar surface area (TPSA) is 52.6 Å². The normalized spacial score (nSPS) is 16.8. The molecule has 0 aromatic heterocycles. The number of carbonyl (C=O) groups excluding carboxylic acids is 2. The molecule has 0 N–H and O–H groups in total. The van der Waals surface area contributed by atoms with Crippen LogP contribution in [0.4, 0.5) is 0 Å². The average Bonchev–Trinajstić information content (AvgIpc) is 3.60. The van der Waals surface area contributed by atoms with E-state index >= 15 is 0 Å². The van der Waals surface area contributed by atoms with Crippen LogP contribution in [0, 0.1) is 0 Å². The zero-order chi connectivity index (χ0) is 26.7. The molecular formula is C30H32O4S4. The van der Waals surface area contributed by atoms with E-state index in [1.165, 1.54) is 18.3 Å². The van der Waals surface area contributed by atoms with Crippen LogP contribution in [0.3, 0.4) is 0 Å². The standard InChI is InChI=1S/C30H32O4S4/c1-3-5-7-9-27(31)33-23-15-11-21(12-16-23)25-19-35-29(37-25)30-36-20-26(38-30)22-13-17-24(18-14-22)34-28(32)10-8-6-4-2/h11-20H,3-10H2,1-2H3/b30-29+. The zero-order valence-electron chi connectivity index (χ0n) is 21.7. The van der Waals surface area contributed by atoms with Crippen LogP contribution in [-0.4, -0.2) is 11.9 Å². The van der Waals surface area contributed by atoms with Crippen molar-refractivity contribution in [3.05, 3.63) is 78.9 Å². The molecule has 8 heteroatoms. The number of unbranched alkanes of at least 4 members (excludes halogenated alkanes) is 4. The molecule has 2 aliphatic rings. The Morgan fingerprint density at radius 2 is 1.00 bits per heavy atom. The van der Waals surface area contributed by atoms with Crippen LogP contribution >= 0.6 is 47.0 Å². The van der Waals surface area contributed by atoms with Crippen molar-refractivity contribution >= 4 is 68.8 Å². The first-order valence-corrected chi connectivity index (χ1v) is 16.4. The van der Waals surface area contributed by atoms with Crippen molar-refractivity contribution in [3.63, 3.8) is 0 Å². The smallest absolute Gasteiger partial charge is 0.311 e. The van der Waals surface area contributed by atoms with E-state index in [9.17, 15) is 9.59 Å². The first kappa shape index (κ1) is 29.0. The quantitative estimate of drug-likeness (QED) is 0.139. The Labute approximate surface area is 242 Å². The highest BCUT2D eigenvalue weighted by atomic mass is 32.2. The first-order valence-electron chi connectivity index (χ1n) is 13.0. The van der Waals surface area contributed by atoms with Gasteiger partial charge in [-0.25, -0.2) is 0 Å². The van der Waals surface area contributed by atoms with Crippen LogP contribution in [0.5, 0.6) is 11.5 Å². The second-order valence-corrected chi connectivity index (χ2v) is 13.3. The summed E-state index contributed by atoms with van der Waals surface area (Å²) in [6, 6.07) is 15.5. The summed E-state index contributed by atoms with van der Waals surface area (Å²) in [5.41, 5.74) is 2.23. The van der Waals surface area contributed by atoms with E-state index in [-0.39, 0.29) is 11.9 Å². The predicted octanol–water partition coefficient (Wildman–Crippen LogP) is 10.0. The fourth-order valence-electron chi connectivity index (χ4n) is 3.72. The van der Waals surface area contributed by atoms with Crippen LogP contribution in [0.25, 0.3) is 9.81 Å². The van der Waals surface area contributed by atoms with Crippen molar-refractivity contribution in [1.29, 1.82) is 0 Å². The molecule has 0 fully saturated rings. The van der Waals surface area contributed by atoms with Gasteiger partial charge >= 0.3 is 11.9 Å². The summed E-state index contributed by atoms with van der Waals surface area (Å²) in [6.45, 7) is 4.24. The van der Waals surface area contributed by atoms with Gasteiger partial charge in [0, 0.05) is 22.7 Å². The van der Waals surface area contributed by atoms with Gasteiger partial charge in [0.05, 0.1) is 8.47 Å². The molecule has 2 heterocycles. The van der Waals surface area contributed by atoms with E-state index in [1.54, 1.807) is 47.0 Å². The minimum Gasteiger partial charge on any atom is -0.427 e. The summed E-state index contributed by atoms with van der Waals surface area (Å²) in [4.78, 5) is 26.3. The van der Waals surface area contributed by atoms with Gasteiger partial charge in [0.15, 0.2) is 0 Å². The number of benzene rings is 2. The van der Waals surface area contributed by atoms with E-state index in [2.05, 4.69) is 24.7 Å². The van der Waals surface area contributed by atoms with E-state index < -0.39 is 0 Å². The summed E-state index contributed by atoms with van der Waals surface area (Å²) in [7, 11) is 0. The molecular weight excluding hydrogens is 553 g/mol. The molecule has 0 radical (unpaired) electrons. The average molecular weight is 585 g/mol. The van der Waals surface area contributed by atoms with Gasteiger partial charge in [0.1, 0.15) is 11.5 Å². The third-order valence-electron chi connectivity index (χ3n) is 5.83. The summed E-state index contributed by atoms with van der Waals surface area (Å²) >= 11 is 7.04. The highest BCUT2D eigenvalue weighted by molar-refractivity contribution is 8.36. The van der Waals surface area contributed by atoms with Crippen molar-refractivity contribution < 1.29 is 19.1 Å². The monoisotopic (exact) mass is 584 g/mol. The number of esters is 2. The van der Waals surface area contributed by atoms with E-state index in [4.69, 9.17) is 9.47 Å². The van der Waals surface area contributed by atoms with Crippen molar-refractivity contribution in [1.82, 2.24) is 0 Å². The maximum absolute atomic E-state index is 12.0. The lowest BCUT2D eigenvalue weighted by atomic mass is 10.2. The molecule has 4 rings (SSSR count). The van der Waals surface area contributed by atoms with Gasteiger partial charge in [-0.3, -0.25) is 9.59 Å². The fourth-order valence-corrected chi connectivity index (χ4v) is 8.65. The highest BCUT2D eigenvalue weighted by Gasteiger charge is 2.23. The highest BCUT2D eigenvalue weighted by Crippen LogP contribution is 2.58. The number of thioether (sulfide) groups is 4. The summed E-state index contributed by atoms with van der Waals surface area (Å²) in [6.07, 6.45) is 6.94. The molecule has 2 aromatic carbocycles. The Kier molecular flexibility index (Phi) is 11.4. The molecule has 0 spiro atoms. The molecule has 200 valence electrons. The Morgan fingerprint density at radius 1 is 0.605 bits per heavy atom. The molecule has 0 aliphatic carbocycles. The van der Waals surface area contributed by atoms with E-state index in [0.717, 1.165) is 49.7 Å². The first-order chi connectivity index (χ1) is 18.6. The number of ether oxygens (including phenoxy) is 2. The second kappa shape index (κ2) is 15.0. The molecule has 0 bridgehead atoms. The van der Waals surface area contributed by atoms with Crippen molar-refractivity contribution in [2.24, 2.45) is 0 Å². The van der Waals surface area contributed by atoms with Crippen LogP contribution < -0.4 is 9.47 Å². The molecule has 0 saturated heterocycles. The molecule has 2 aromatic rings. The van der Waals surface area contributed by atoms with Crippen molar-refractivity contribution in [2.45, 2.75) is 65.2 Å². The SMILES string of the molecule is CCCCCC(=O)Oc1ccc(C2=CS/C(=C3/SC=C(c4ccc(OC(=O)CCCCC)cc4)S3)S2)cc1. The van der Waals surface area contributed by atoms with Crippen molar-refractivity contribution in [2.75, 3.05) is 0 Å². The molecule has 2 aliphatic heterocycles. The van der Waals surface area contributed by atoms with Gasteiger partial charge < -0.3 is 9.47 Å². The van der Waals surface area contributed by atoms with E-state index in [1.807, 2.05) is 48.5 Å². The van der Waals surface area contributed by atoms with Crippen LogP contribution in [0.1, 0.15) is 76.3 Å². The Balaban J connectivity index is 1.27. The zero-order valence-corrected chi connectivity index (χ0v) is 25.0.